The van der Waals surface area contributed by atoms with Crippen molar-refractivity contribution in [3.05, 3.63) is 0 Å². The summed E-state index contributed by atoms with van der Waals surface area (Å²) in [6.45, 7) is 9.02. The maximum Gasteiger partial charge on any atom is 2.00 e. The van der Waals surface area contributed by atoms with E-state index in [2.05, 4.69) is 24.5 Å². The average Bonchev–Trinajstić information content (AvgIpc) is 2.28. The van der Waals surface area contributed by atoms with Crippen LogP contribution < -0.4 is 47.9 Å². The molecule has 10 nitrogen and oxygen atoms in total. The maximum absolute atomic E-state index is 8.49. The zero-order valence-corrected chi connectivity index (χ0v) is 15.4. The molecule has 0 heterocycles. The van der Waals surface area contributed by atoms with Gasteiger partial charge >= 0.3 is 17.1 Å². The molecule has 0 aromatic carbocycles. The molecule has 0 unspecified atom stereocenters. The normalized spacial score (nSPS) is 10.7. The third-order valence-electron chi connectivity index (χ3n) is 1.89. The van der Waals surface area contributed by atoms with Crippen molar-refractivity contribution in [2.24, 2.45) is 0 Å². The number of unbranched alkanes of at least 4 members (excludes halogenated alkanes) is 2. The molecule has 0 atom stereocenters. The monoisotopic (exact) mass is 433 g/mol. The van der Waals surface area contributed by atoms with Crippen molar-refractivity contribution in [1.82, 2.24) is 10.6 Å². The van der Waals surface area contributed by atoms with Crippen LogP contribution in [0, 0.1) is 20.5 Å². The Hall–Kier alpha value is 0.699. The molecule has 13 heteroatoms. The second-order valence-electron chi connectivity index (χ2n) is 3.96. The van der Waals surface area contributed by atoms with Gasteiger partial charge < -0.3 is 10.6 Å². The zero-order chi connectivity index (χ0) is 18.1. The summed E-state index contributed by atoms with van der Waals surface area (Å²) in [6.07, 6.45) is 5.18. The summed E-state index contributed by atoms with van der Waals surface area (Å²) < 4.78 is 67.9. The Labute approximate surface area is 151 Å². The minimum atomic E-state index is -4.94. The molecule has 0 fully saturated rings. The topological polar surface area (TPSA) is 209 Å². The van der Waals surface area contributed by atoms with Crippen molar-refractivity contribution in [3.63, 3.8) is 0 Å². The first-order valence-electron chi connectivity index (χ1n) is 6.56. The number of halogens is 2. The Morgan fingerprint density at radius 1 is 0.565 bits per heavy atom. The van der Waals surface area contributed by atoms with E-state index >= 15 is 0 Å². The fraction of sp³-hybridized carbons (Fsp3) is 1.00. The van der Waals surface area contributed by atoms with Crippen LogP contribution in [0.2, 0.25) is 0 Å². The first-order chi connectivity index (χ1) is 9.91. The van der Waals surface area contributed by atoms with Gasteiger partial charge in [-0.2, -0.15) is 0 Å². The second kappa shape index (κ2) is 20.7. The van der Waals surface area contributed by atoms with Crippen molar-refractivity contribution in [2.75, 3.05) is 26.2 Å². The molecule has 0 spiro atoms. The van der Waals surface area contributed by atoms with E-state index in [9.17, 15) is 0 Å². The van der Waals surface area contributed by atoms with Gasteiger partial charge in [0.05, 0.1) is 0 Å². The number of hydrogen-bond acceptors (Lipinski definition) is 10. The van der Waals surface area contributed by atoms with Crippen molar-refractivity contribution in [1.29, 1.82) is 0 Å². The van der Waals surface area contributed by atoms with E-state index in [0.717, 1.165) is 13.1 Å². The largest absolute Gasteiger partial charge is 2.00 e. The molecule has 0 amide bonds. The van der Waals surface area contributed by atoms with Crippen LogP contribution in [0.4, 0.5) is 0 Å². The molecule has 2 N–H and O–H groups in total. The van der Waals surface area contributed by atoms with Crippen LogP contribution in [-0.2, 0) is 17.1 Å². The van der Waals surface area contributed by atoms with Gasteiger partial charge in [0, 0.05) is 13.1 Å². The standard InChI is InChI=1S/C10H24N2.2ClHO4.Cu/c1-3-5-7-11-9-10-12-8-6-4-2;2*2-1(3,4)5;/h11-12H,3-10H2,1-2H3;2*(H,2,3,4,5);/q;;;+2/p-2. The summed E-state index contributed by atoms with van der Waals surface area (Å²) in [6, 6.07) is 0. The first-order valence-corrected chi connectivity index (χ1v) is 9.03. The third kappa shape index (κ3) is 103. The molecule has 0 aromatic rings. The summed E-state index contributed by atoms with van der Waals surface area (Å²) in [4.78, 5) is 0. The van der Waals surface area contributed by atoms with Gasteiger partial charge in [0.15, 0.2) is 0 Å². The van der Waals surface area contributed by atoms with Gasteiger partial charge in [0.1, 0.15) is 0 Å². The number of nitrogens with one attached hydrogen (secondary N) is 2. The third-order valence-corrected chi connectivity index (χ3v) is 1.89. The molecular weight excluding hydrogens is 411 g/mol. The minimum Gasteiger partial charge on any atom is -0.315 e. The smallest absolute Gasteiger partial charge is 0.315 e. The summed E-state index contributed by atoms with van der Waals surface area (Å²) in [7, 11) is -9.89. The van der Waals surface area contributed by atoms with Gasteiger partial charge in [-0.1, -0.05) is 26.7 Å². The van der Waals surface area contributed by atoms with Gasteiger partial charge in [-0.3, -0.25) is 0 Å². The van der Waals surface area contributed by atoms with Crippen molar-refractivity contribution >= 4 is 0 Å². The summed E-state index contributed by atoms with van der Waals surface area (Å²) in [5, 5.41) is 6.80. The molecule has 0 saturated heterocycles. The van der Waals surface area contributed by atoms with Crippen molar-refractivity contribution < 1.29 is 74.8 Å². The molecule has 0 aliphatic rings. The van der Waals surface area contributed by atoms with Crippen LogP contribution in [0.5, 0.6) is 0 Å². The Kier molecular flexibility index (Phi) is 28.4. The predicted molar refractivity (Wildman–Crippen MR) is 55.6 cm³/mol. The molecule has 0 aliphatic carbocycles. The van der Waals surface area contributed by atoms with E-state index < -0.39 is 20.5 Å². The quantitative estimate of drug-likeness (QED) is 0.258. The van der Waals surface area contributed by atoms with E-state index in [-0.39, 0.29) is 17.1 Å². The van der Waals surface area contributed by atoms with E-state index in [1.54, 1.807) is 0 Å². The van der Waals surface area contributed by atoms with Crippen LogP contribution in [0.1, 0.15) is 39.5 Å². The van der Waals surface area contributed by atoms with E-state index in [4.69, 9.17) is 37.3 Å². The summed E-state index contributed by atoms with van der Waals surface area (Å²) in [5.74, 6) is 0. The van der Waals surface area contributed by atoms with E-state index in [1.807, 2.05) is 0 Å². The molecular formula is C10H24Cl2CuN2O8. The molecule has 23 heavy (non-hydrogen) atoms. The molecule has 0 aromatic heterocycles. The van der Waals surface area contributed by atoms with Crippen LogP contribution in [0.25, 0.3) is 0 Å². The second-order valence-corrected chi connectivity index (χ2v) is 5.47. The predicted octanol–water partition coefficient (Wildman–Crippen LogP) is -7.75. The van der Waals surface area contributed by atoms with Crippen molar-refractivity contribution in [2.45, 2.75) is 39.5 Å². The zero-order valence-electron chi connectivity index (χ0n) is 13.0. The number of hydrogen-bond donors (Lipinski definition) is 2. The first kappa shape index (κ1) is 31.5. The Morgan fingerprint density at radius 2 is 0.783 bits per heavy atom. The molecule has 0 aliphatic heterocycles. The van der Waals surface area contributed by atoms with Crippen LogP contribution in [0.3, 0.4) is 0 Å². The Morgan fingerprint density at radius 3 is 0.957 bits per heavy atom. The van der Waals surface area contributed by atoms with Crippen LogP contribution in [0.15, 0.2) is 0 Å². The van der Waals surface area contributed by atoms with Gasteiger partial charge in [0.25, 0.3) is 0 Å². The Bertz CT molecular complexity index is 186. The van der Waals surface area contributed by atoms with E-state index in [1.165, 1.54) is 38.8 Å². The summed E-state index contributed by atoms with van der Waals surface area (Å²) in [5.41, 5.74) is 0. The molecule has 147 valence electrons. The van der Waals surface area contributed by atoms with Gasteiger partial charge in [0.2, 0.25) is 0 Å². The van der Waals surface area contributed by atoms with Gasteiger partial charge in [-0.25, -0.2) is 37.3 Å². The fourth-order valence-electron chi connectivity index (χ4n) is 1.03. The van der Waals surface area contributed by atoms with Crippen molar-refractivity contribution in [3.8, 4) is 0 Å². The molecule has 0 bridgehead atoms. The molecule has 0 saturated carbocycles. The molecule has 0 rings (SSSR count). The summed E-state index contributed by atoms with van der Waals surface area (Å²) >= 11 is 0. The fourth-order valence-corrected chi connectivity index (χ4v) is 1.03. The van der Waals surface area contributed by atoms with E-state index in [0.29, 0.717) is 0 Å². The van der Waals surface area contributed by atoms with Gasteiger partial charge in [-0.05, 0) is 25.9 Å². The average molecular weight is 435 g/mol. The SMILES string of the molecule is CCCCNCCNCCCC.[Cu+2].[O-][Cl+3]([O-])([O-])[O-].[O-][Cl+3]([O-])([O-])[O-]. The Balaban J connectivity index is -0.000000137. The molecule has 1 radical (unpaired) electrons. The van der Waals surface area contributed by atoms with Crippen LogP contribution >= 0.6 is 0 Å². The van der Waals surface area contributed by atoms with Crippen LogP contribution in [-0.4, -0.2) is 26.2 Å². The maximum atomic E-state index is 8.49. The van der Waals surface area contributed by atoms with Gasteiger partial charge in [-0.15, -0.1) is 20.5 Å². The number of rotatable bonds is 9. The minimum absolute atomic E-state index is 0.